The van der Waals surface area contributed by atoms with E-state index in [1.165, 1.54) is 0 Å². The van der Waals surface area contributed by atoms with Crippen molar-refractivity contribution < 1.29 is 9.90 Å². The quantitative estimate of drug-likeness (QED) is 0.319. The highest BCUT2D eigenvalue weighted by molar-refractivity contribution is 6.11. The third-order valence-corrected chi connectivity index (χ3v) is 5.36. The van der Waals surface area contributed by atoms with Gasteiger partial charge in [0.25, 0.3) is 5.91 Å². The number of hydrogen-bond donors (Lipinski definition) is 3. The zero-order valence-corrected chi connectivity index (χ0v) is 18.4. The van der Waals surface area contributed by atoms with Crippen LogP contribution in [0.3, 0.4) is 0 Å². The minimum absolute atomic E-state index is 0.0642. The Bertz CT molecular complexity index is 1410. The van der Waals surface area contributed by atoms with E-state index in [1.807, 2.05) is 42.5 Å². The summed E-state index contributed by atoms with van der Waals surface area (Å²) in [6, 6.07) is 18.4. The van der Waals surface area contributed by atoms with E-state index in [-0.39, 0.29) is 28.4 Å². The Labute approximate surface area is 190 Å². The SMILES string of the molecule is Cc1[nH]nc(N=Nc2c(O)c(C(=O)Nc3ccc(C(C)C)cc3)cc3ccccc23)c1C#N. The predicted octanol–water partition coefficient (Wildman–Crippen LogP) is 6.24. The number of aromatic hydroxyl groups is 1. The average Bonchev–Trinajstić information content (AvgIpc) is 3.17. The summed E-state index contributed by atoms with van der Waals surface area (Å²) in [5, 5.41) is 39.3. The second kappa shape index (κ2) is 8.93. The van der Waals surface area contributed by atoms with Crippen molar-refractivity contribution in [3.05, 3.63) is 77.0 Å². The molecule has 0 aliphatic heterocycles. The molecule has 4 aromatic rings. The van der Waals surface area contributed by atoms with E-state index < -0.39 is 5.91 Å². The normalized spacial score (nSPS) is 11.2. The molecule has 0 aliphatic rings. The molecule has 0 radical (unpaired) electrons. The number of phenols is 1. The highest BCUT2D eigenvalue weighted by Gasteiger charge is 2.19. The van der Waals surface area contributed by atoms with Gasteiger partial charge in [-0.2, -0.15) is 10.4 Å². The van der Waals surface area contributed by atoms with Crippen LogP contribution in [-0.4, -0.2) is 21.2 Å². The number of aromatic nitrogens is 2. The molecule has 0 atom stereocenters. The Hall–Kier alpha value is -4.51. The Balaban J connectivity index is 1.74. The molecule has 0 saturated carbocycles. The lowest BCUT2D eigenvalue weighted by atomic mass is 10.0. The maximum atomic E-state index is 13.0. The molecule has 164 valence electrons. The number of fused-ring (bicyclic) bond motifs is 1. The summed E-state index contributed by atoms with van der Waals surface area (Å²) in [4.78, 5) is 13.0. The molecular weight excluding hydrogens is 416 g/mol. The van der Waals surface area contributed by atoms with Gasteiger partial charge in [-0.05, 0) is 42.0 Å². The number of nitriles is 1. The second-order valence-corrected chi connectivity index (χ2v) is 7.93. The van der Waals surface area contributed by atoms with Crippen LogP contribution in [0.15, 0.2) is 64.8 Å². The first-order valence-corrected chi connectivity index (χ1v) is 10.4. The lowest BCUT2D eigenvalue weighted by Gasteiger charge is -2.12. The third kappa shape index (κ3) is 4.29. The van der Waals surface area contributed by atoms with Crippen LogP contribution in [0.5, 0.6) is 5.75 Å². The third-order valence-electron chi connectivity index (χ3n) is 5.36. The summed E-state index contributed by atoms with van der Waals surface area (Å²) in [5.41, 5.74) is 2.80. The summed E-state index contributed by atoms with van der Waals surface area (Å²) in [5.74, 6) is -0.287. The van der Waals surface area contributed by atoms with E-state index >= 15 is 0 Å². The number of aromatic amines is 1. The Morgan fingerprint density at radius 2 is 1.88 bits per heavy atom. The van der Waals surface area contributed by atoms with E-state index in [9.17, 15) is 15.2 Å². The molecule has 1 heterocycles. The van der Waals surface area contributed by atoms with Crippen molar-refractivity contribution in [2.75, 3.05) is 5.32 Å². The second-order valence-electron chi connectivity index (χ2n) is 7.93. The first kappa shape index (κ1) is 21.7. The topological polar surface area (TPSA) is 127 Å². The van der Waals surface area contributed by atoms with Crippen molar-refractivity contribution in [3.8, 4) is 11.8 Å². The standard InChI is InChI=1S/C25H22N6O2/c1-14(2)16-8-10-18(11-9-16)27-25(33)20-12-17-6-4-5-7-19(17)22(23(20)32)29-31-24-21(13-26)15(3)28-30-24/h4-12,14,32H,1-3H3,(H,27,33)(H,28,30). The minimum Gasteiger partial charge on any atom is -0.505 e. The first-order valence-electron chi connectivity index (χ1n) is 10.4. The van der Waals surface area contributed by atoms with Gasteiger partial charge in [0, 0.05) is 11.1 Å². The van der Waals surface area contributed by atoms with Crippen LogP contribution in [0.1, 0.15) is 46.9 Å². The summed E-state index contributed by atoms with van der Waals surface area (Å²) >= 11 is 0. The minimum atomic E-state index is -0.472. The Morgan fingerprint density at radius 3 is 2.58 bits per heavy atom. The van der Waals surface area contributed by atoms with Gasteiger partial charge in [0.2, 0.25) is 5.82 Å². The number of nitrogens with one attached hydrogen (secondary N) is 2. The highest BCUT2D eigenvalue weighted by atomic mass is 16.3. The summed E-state index contributed by atoms with van der Waals surface area (Å²) < 4.78 is 0. The number of carbonyl (C=O) groups excluding carboxylic acids is 1. The van der Waals surface area contributed by atoms with Crippen molar-refractivity contribution in [1.29, 1.82) is 5.26 Å². The van der Waals surface area contributed by atoms with Gasteiger partial charge in [0.15, 0.2) is 5.75 Å². The molecule has 1 aromatic heterocycles. The number of rotatable bonds is 5. The lowest BCUT2D eigenvalue weighted by molar-refractivity contribution is 0.102. The molecular formula is C25H22N6O2. The van der Waals surface area contributed by atoms with Gasteiger partial charge < -0.3 is 10.4 Å². The molecule has 4 rings (SSSR count). The van der Waals surface area contributed by atoms with Crippen LogP contribution in [-0.2, 0) is 0 Å². The van der Waals surface area contributed by atoms with Gasteiger partial charge in [-0.25, -0.2) is 0 Å². The zero-order chi connectivity index (χ0) is 23.5. The number of azo groups is 1. The molecule has 0 aliphatic carbocycles. The number of carbonyl (C=O) groups is 1. The van der Waals surface area contributed by atoms with Crippen molar-refractivity contribution in [2.45, 2.75) is 26.7 Å². The van der Waals surface area contributed by atoms with Crippen LogP contribution in [0, 0.1) is 18.3 Å². The van der Waals surface area contributed by atoms with Crippen LogP contribution in [0.4, 0.5) is 17.2 Å². The first-order chi connectivity index (χ1) is 15.9. The van der Waals surface area contributed by atoms with E-state index in [0.717, 1.165) is 5.56 Å². The maximum absolute atomic E-state index is 13.0. The number of aryl methyl sites for hydroxylation is 1. The molecule has 0 unspecified atom stereocenters. The summed E-state index contributed by atoms with van der Waals surface area (Å²) in [6.07, 6.45) is 0. The van der Waals surface area contributed by atoms with Gasteiger partial charge in [-0.1, -0.05) is 50.2 Å². The number of hydrogen-bond acceptors (Lipinski definition) is 6. The maximum Gasteiger partial charge on any atom is 0.259 e. The Kier molecular flexibility index (Phi) is 5.87. The number of benzene rings is 3. The highest BCUT2D eigenvalue weighted by Crippen LogP contribution is 2.39. The van der Waals surface area contributed by atoms with Crippen LogP contribution < -0.4 is 5.32 Å². The fraction of sp³-hybridized carbons (Fsp3) is 0.160. The summed E-state index contributed by atoms with van der Waals surface area (Å²) in [7, 11) is 0. The molecule has 3 N–H and O–H groups in total. The molecule has 1 amide bonds. The van der Waals surface area contributed by atoms with Gasteiger partial charge >= 0.3 is 0 Å². The van der Waals surface area contributed by atoms with E-state index in [1.54, 1.807) is 25.1 Å². The van der Waals surface area contributed by atoms with Crippen molar-refractivity contribution in [3.63, 3.8) is 0 Å². The van der Waals surface area contributed by atoms with Crippen molar-refractivity contribution >= 4 is 33.9 Å². The van der Waals surface area contributed by atoms with Crippen LogP contribution in [0.25, 0.3) is 10.8 Å². The molecule has 33 heavy (non-hydrogen) atoms. The van der Waals surface area contributed by atoms with E-state index in [2.05, 4.69) is 39.6 Å². The molecule has 0 saturated heterocycles. The molecule has 8 nitrogen and oxygen atoms in total. The number of anilines is 1. The smallest absolute Gasteiger partial charge is 0.259 e. The molecule has 8 heteroatoms. The predicted molar refractivity (Wildman–Crippen MR) is 126 cm³/mol. The zero-order valence-electron chi connectivity index (χ0n) is 18.4. The van der Waals surface area contributed by atoms with Gasteiger partial charge in [-0.15, -0.1) is 10.2 Å². The summed E-state index contributed by atoms with van der Waals surface area (Å²) in [6.45, 7) is 5.90. The largest absolute Gasteiger partial charge is 0.505 e. The molecule has 3 aromatic carbocycles. The van der Waals surface area contributed by atoms with Gasteiger partial charge in [-0.3, -0.25) is 9.89 Å². The molecule has 0 bridgehead atoms. The van der Waals surface area contributed by atoms with Gasteiger partial charge in [0.1, 0.15) is 17.3 Å². The number of phenolic OH excluding ortho intramolecular Hbond substituents is 1. The van der Waals surface area contributed by atoms with Crippen molar-refractivity contribution in [2.24, 2.45) is 10.2 Å². The number of nitrogens with zero attached hydrogens (tertiary/aromatic N) is 4. The fourth-order valence-electron chi connectivity index (χ4n) is 3.46. The molecule has 0 spiro atoms. The van der Waals surface area contributed by atoms with Crippen LogP contribution in [0.2, 0.25) is 0 Å². The molecule has 0 fully saturated rings. The monoisotopic (exact) mass is 438 g/mol. The van der Waals surface area contributed by atoms with Gasteiger partial charge in [0.05, 0.1) is 11.3 Å². The fourth-order valence-corrected chi connectivity index (χ4v) is 3.46. The number of H-pyrrole nitrogens is 1. The average molecular weight is 438 g/mol. The van der Waals surface area contributed by atoms with Crippen molar-refractivity contribution in [1.82, 2.24) is 10.2 Å². The van der Waals surface area contributed by atoms with E-state index in [4.69, 9.17) is 0 Å². The number of amides is 1. The van der Waals surface area contributed by atoms with E-state index in [0.29, 0.717) is 28.1 Å². The lowest BCUT2D eigenvalue weighted by Crippen LogP contribution is -2.12. The van der Waals surface area contributed by atoms with Crippen LogP contribution >= 0.6 is 0 Å². The Morgan fingerprint density at radius 1 is 1.15 bits per heavy atom.